The molecule has 0 aromatic carbocycles. The fraction of sp³-hybridized carbons (Fsp3) is 0.812. The fourth-order valence-electron chi connectivity index (χ4n) is 3.08. The zero-order chi connectivity index (χ0) is 16.2. The van der Waals surface area contributed by atoms with Crippen molar-refractivity contribution in [3.8, 4) is 0 Å². The van der Waals surface area contributed by atoms with Gasteiger partial charge >= 0.3 is 0 Å². The molecule has 1 aliphatic heterocycles. The molecule has 1 aromatic rings. The summed E-state index contributed by atoms with van der Waals surface area (Å²) in [4.78, 5) is 11.5. The number of hydrogen-bond acceptors (Lipinski definition) is 5. The highest BCUT2D eigenvalue weighted by atomic mass is 16.5. The molecule has 0 radical (unpaired) electrons. The van der Waals surface area contributed by atoms with E-state index in [2.05, 4.69) is 15.6 Å². The topological polar surface area (TPSA) is 89.3 Å². The van der Waals surface area contributed by atoms with Gasteiger partial charge < -0.3 is 15.2 Å². The van der Waals surface area contributed by atoms with Gasteiger partial charge in [0.2, 0.25) is 5.91 Å². The number of aromatic nitrogens is 3. The summed E-state index contributed by atoms with van der Waals surface area (Å²) in [7, 11) is 0. The molecule has 128 valence electrons. The number of amides is 1. The Labute approximate surface area is 136 Å². The normalized spacial score (nSPS) is 27.8. The molecule has 1 saturated heterocycles. The molecule has 7 heteroatoms. The van der Waals surface area contributed by atoms with Crippen LogP contribution in [0.3, 0.4) is 0 Å². The van der Waals surface area contributed by atoms with E-state index in [0.29, 0.717) is 12.3 Å². The highest BCUT2D eigenvalue weighted by Gasteiger charge is 2.31. The molecule has 1 aliphatic carbocycles. The first-order valence-electron chi connectivity index (χ1n) is 8.65. The zero-order valence-corrected chi connectivity index (χ0v) is 13.6. The van der Waals surface area contributed by atoms with Crippen LogP contribution in [-0.4, -0.2) is 50.9 Å². The maximum atomic E-state index is 11.5. The lowest BCUT2D eigenvalue weighted by atomic mass is 9.97. The minimum Gasteiger partial charge on any atom is -0.394 e. The molecule has 3 atom stereocenters. The standard InChI is InChI=1S/C16H26N4O3/c1-2-16(22)17-13-6-5-12(23-15(13)10-21)7-8-20-9-14(18-19-20)11-3-4-11/h9,11-13,15,21H,2-8,10H2,1H3,(H,17,22)/t12-,13+,15+/m1/s1. The Morgan fingerprint density at radius 1 is 1.43 bits per heavy atom. The van der Waals surface area contributed by atoms with Crippen LogP contribution < -0.4 is 5.32 Å². The summed E-state index contributed by atoms with van der Waals surface area (Å²) in [5, 5.41) is 20.8. The second kappa shape index (κ2) is 7.40. The van der Waals surface area contributed by atoms with Crippen molar-refractivity contribution in [2.24, 2.45) is 0 Å². The molecule has 2 fully saturated rings. The fourth-order valence-corrected chi connectivity index (χ4v) is 3.08. The largest absolute Gasteiger partial charge is 0.394 e. The van der Waals surface area contributed by atoms with E-state index >= 15 is 0 Å². The summed E-state index contributed by atoms with van der Waals surface area (Å²) in [5.74, 6) is 0.627. The first-order valence-corrected chi connectivity index (χ1v) is 8.65. The summed E-state index contributed by atoms with van der Waals surface area (Å²) in [5.41, 5.74) is 1.10. The van der Waals surface area contributed by atoms with Gasteiger partial charge in [0.05, 0.1) is 24.4 Å². The molecule has 3 rings (SSSR count). The van der Waals surface area contributed by atoms with Gasteiger partial charge in [0.1, 0.15) is 6.10 Å². The predicted molar refractivity (Wildman–Crippen MR) is 83.8 cm³/mol. The van der Waals surface area contributed by atoms with Gasteiger partial charge in [-0.2, -0.15) is 0 Å². The van der Waals surface area contributed by atoms with Gasteiger partial charge in [-0.25, -0.2) is 0 Å². The van der Waals surface area contributed by atoms with E-state index in [1.807, 2.05) is 17.8 Å². The van der Waals surface area contributed by atoms with E-state index in [1.54, 1.807) is 0 Å². The van der Waals surface area contributed by atoms with Crippen LogP contribution in [0.2, 0.25) is 0 Å². The Hall–Kier alpha value is -1.47. The number of rotatable bonds is 7. The number of nitrogens with zero attached hydrogens (tertiary/aromatic N) is 3. The molecule has 1 aromatic heterocycles. The van der Waals surface area contributed by atoms with Crippen molar-refractivity contribution >= 4 is 5.91 Å². The van der Waals surface area contributed by atoms with E-state index in [4.69, 9.17) is 4.74 Å². The van der Waals surface area contributed by atoms with Gasteiger partial charge in [-0.1, -0.05) is 12.1 Å². The van der Waals surface area contributed by atoms with Crippen molar-refractivity contribution in [2.75, 3.05) is 6.61 Å². The van der Waals surface area contributed by atoms with Gasteiger partial charge in [-0.3, -0.25) is 9.48 Å². The van der Waals surface area contributed by atoms with E-state index in [-0.39, 0.29) is 30.8 Å². The van der Waals surface area contributed by atoms with Crippen molar-refractivity contribution in [1.29, 1.82) is 0 Å². The second-order valence-corrected chi connectivity index (χ2v) is 6.55. The van der Waals surface area contributed by atoms with E-state index in [9.17, 15) is 9.90 Å². The molecule has 2 heterocycles. The van der Waals surface area contributed by atoms with E-state index in [0.717, 1.165) is 31.5 Å². The lowest BCUT2D eigenvalue weighted by Gasteiger charge is -2.36. The van der Waals surface area contributed by atoms with Gasteiger partial charge in [-0.05, 0) is 32.1 Å². The molecule has 2 N–H and O–H groups in total. The maximum Gasteiger partial charge on any atom is 0.220 e. The lowest BCUT2D eigenvalue weighted by molar-refractivity contribution is -0.128. The third-order valence-electron chi connectivity index (χ3n) is 4.70. The number of aryl methyl sites for hydroxylation is 1. The third-order valence-corrected chi connectivity index (χ3v) is 4.70. The molecule has 1 amide bonds. The number of aliphatic hydroxyl groups excluding tert-OH is 1. The number of hydrogen-bond donors (Lipinski definition) is 2. The molecule has 23 heavy (non-hydrogen) atoms. The molecule has 0 bridgehead atoms. The lowest BCUT2D eigenvalue weighted by Crippen LogP contribution is -2.50. The van der Waals surface area contributed by atoms with Crippen molar-refractivity contribution in [3.05, 3.63) is 11.9 Å². The van der Waals surface area contributed by atoms with Crippen molar-refractivity contribution in [1.82, 2.24) is 20.3 Å². The molecular weight excluding hydrogens is 296 g/mol. The summed E-state index contributed by atoms with van der Waals surface area (Å²) in [6.07, 6.45) is 7.29. The Morgan fingerprint density at radius 2 is 2.26 bits per heavy atom. The average Bonchev–Trinajstić information content (AvgIpc) is 3.32. The average molecular weight is 322 g/mol. The SMILES string of the molecule is CCC(=O)N[C@H]1CC[C@H](CCn2cc(C3CC3)nn2)O[C@H]1CO. The highest BCUT2D eigenvalue weighted by molar-refractivity contribution is 5.75. The third kappa shape index (κ3) is 4.29. The Morgan fingerprint density at radius 3 is 2.96 bits per heavy atom. The van der Waals surface area contributed by atoms with Gasteiger partial charge in [-0.15, -0.1) is 5.10 Å². The van der Waals surface area contributed by atoms with Crippen molar-refractivity contribution in [3.63, 3.8) is 0 Å². The van der Waals surface area contributed by atoms with E-state index in [1.165, 1.54) is 12.8 Å². The minimum absolute atomic E-state index is 0.00530. The second-order valence-electron chi connectivity index (χ2n) is 6.55. The van der Waals surface area contributed by atoms with Crippen molar-refractivity contribution < 1.29 is 14.6 Å². The van der Waals surface area contributed by atoms with Crippen LogP contribution >= 0.6 is 0 Å². The molecule has 0 unspecified atom stereocenters. The Bertz CT molecular complexity index is 529. The minimum atomic E-state index is -0.318. The summed E-state index contributed by atoms with van der Waals surface area (Å²) in [6.45, 7) is 2.53. The van der Waals surface area contributed by atoms with Crippen LogP contribution in [0.4, 0.5) is 0 Å². The summed E-state index contributed by atoms with van der Waals surface area (Å²) in [6, 6.07) is -0.0865. The summed E-state index contributed by atoms with van der Waals surface area (Å²) < 4.78 is 7.84. The maximum absolute atomic E-state index is 11.5. The molecule has 7 nitrogen and oxygen atoms in total. The summed E-state index contributed by atoms with van der Waals surface area (Å²) >= 11 is 0. The molecule has 2 aliphatic rings. The van der Waals surface area contributed by atoms with E-state index < -0.39 is 0 Å². The number of carbonyl (C=O) groups is 1. The zero-order valence-electron chi connectivity index (χ0n) is 13.6. The number of aliphatic hydroxyl groups is 1. The van der Waals surface area contributed by atoms with Crippen LogP contribution in [0.25, 0.3) is 0 Å². The van der Waals surface area contributed by atoms with Gasteiger partial charge in [0.15, 0.2) is 0 Å². The van der Waals surface area contributed by atoms with Crippen LogP contribution in [0, 0.1) is 0 Å². The first-order chi connectivity index (χ1) is 11.2. The molecule has 1 saturated carbocycles. The first kappa shape index (κ1) is 16.4. The van der Waals surface area contributed by atoms with Crippen LogP contribution in [0.5, 0.6) is 0 Å². The van der Waals surface area contributed by atoms with Crippen LogP contribution in [0.1, 0.15) is 57.1 Å². The molecular formula is C16H26N4O3. The number of ether oxygens (including phenoxy) is 1. The van der Waals surface area contributed by atoms with Gasteiger partial charge in [0, 0.05) is 25.1 Å². The molecule has 0 spiro atoms. The Balaban J connectivity index is 1.46. The Kier molecular flexibility index (Phi) is 5.27. The monoisotopic (exact) mass is 322 g/mol. The van der Waals surface area contributed by atoms with Gasteiger partial charge in [0.25, 0.3) is 0 Å². The number of nitrogens with one attached hydrogen (secondary N) is 1. The highest BCUT2D eigenvalue weighted by Crippen LogP contribution is 2.38. The quantitative estimate of drug-likeness (QED) is 0.781. The smallest absolute Gasteiger partial charge is 0.220 e. The van der Waals surface area contributed by atoms with Crippen LogP contribution in [-0.2, 0) is 16.1 Å². The predicted octanol–water partition coefficient (Wildman–Crippen LogP) is 0.980. The van der Waals surface area contributed by atoms with Crippen LogP contribution in [0.15, 0.2) is 6.20 Å². The number of carbonyl (C=O) groups excluding carboxylic acids is 1. The van der Waals surface area contributed by atoms with Crippen molar-refractivity contribution in [2.45, 2.75) is 76.2 Å².